The molecule has 1 aliphatic heterocycles. The van der Waals surface area contributed by atoms with E-state index >= 15 is 0 Å². The Morgan fingerprint density at radius 1 is 1.39 bits per heavy atom. The van der Waals surface area contributed by atoms with Crippen molar-refractivity contribution in [3.8, 4) is 5.75 Å². The summed E-state index contributed by atoms with van der Waals surface area (Å²) in [4.78, 5) is 15.3. The first kappa shape index (κ1) is 18.1. The van der Waals surface area contributed by atoms with Crippen molar-refractivity contribution in [3.05, 3.63) is 24.3 Å². The number of amides is 1. The van der Waals surface area contributed by atoms with Crippen LogP contribution in [0.5, 0.6) is 5.75 Å². The summed E-state index contributed by atoms with van der Waals surface area (Å²) in [6.45, 7) is 2.95. The van der Waals surface area contributed by atoms with Gasteiger partial charge in [-0.2, -0.15) is 0 Å². The quantitative estimate of drug-likeness (QED) is 0.581. The molecule has 128 valence electrons. The van der Waals surface area contributed by atoms with Crippen molar-refractivity contribution in [2.45, 2.75) is 30.3 Å². The SMILES string of the molecule is COc1cccc(SCC(=O)N2CCC(OCCCN)CC2)c1. The number of nitrogens with two attached hydrogens (primary N) is 1. The van der Waals surface area contributed by atoms with Crippen LogP contribution in [0.2, 0.25) is 0 Å². The molecule has 1 heterocycles. The molecule has 23 heavy (non-hydrogen) atoms. The standard InChI is InChI=1S/C17H26N2O3S/c1-21-15-4-2-5-16(12-15)23-13-17(20)19-9-6-14(7-10-19)22-11-3-8-18/h2,4-5,12,14H,3,6-11,13,18H2,1H3. The van der Waals surface area contributed by atoms with Crippen LogP contribution in [0, 0.1) is 0 Å². The molecule has 2 N–H and O–H groups in total. The van der Waals surface area contributed by atoms with Gasteiger partial charge in [0.25, 0.3) is 0 Å². The van der Waals surface area contributed by atoms with Gasteiger partial charge < -0.3 is 20.1 Å². The number of carbonyl (C=O) groups is 1. The van der Waals surface area contributed by atoms with E-state index in [-0.39, 0.29) is 12.0 Å². The number of piperidine rings is 1. The average Bonchev–Trinajstić information content (AvgIpc) is 2.60. The number of thioether (sulfide) groups is 1. The molecule has 0 radical (unpaired) electrons. The van der Waals surface area contributed by atoms with Crippen molar-refractivity contribution in [2.24, 2.45) is 5.73 Å². The first-order valence-corrected chi connectivity index (χ1v) is 9.07. The van der Waals surface area contributed by atoms with E-state index in [1.807, 2.05) is 29.2 Å². The van der Waals surface area contributed by atoms with Gasteiger partial charge in [-0.1, -0.05) is 6.07 Å². The summed E-state index contributed by atoms with van der Waals surface area (Å²) in [7, 11) is 1.65. The van der Waals surface area contributed by atoms with Crippen LogP contribution in [0.15, 0.2) is 29.2 Å². The fourth-order valence-corrected chi connectivity index (χ4v) is 3.38. The molecule has 0 bridgehead atoms. The van der Waals surface area contributed by atoms with Gasteiger partial charge in [-0.3, -0.25) is 4.79 Å². The summed E-state index contributed by atoms with van der Waals surface area (Å²) >= 11 is 1.55. The third-order valence-electron chi connectivity index (χ3n) is 3.90. The van der Waals surface area contributed by atoms with E-state index in [2.05, 4.69) is 0 Å². The monoisotopic (exact) mass is 338 g/mol. The van der Waals surface area contributed by atoms with E-state index in [0.29, 0.717) is 12.3 Å². The molecule has 0 aromatic heterocycles. The Morgan fingerprint density at radius 3 is 2.87 bits per heavy atom. The number of benzene rings is 1. The molecule has 1 saturated heterocycles. The number of nitrogens with zero attached hydrogens (tertiary/aromatic N) is 1. The Labute approximate surface area is 142 Å². The Kier molecular flexibility index (Phi) is 7.71. The molecule has 5 nitrogen and oxygen atoms in total. The maximum Gasteiger partial charge on any atom is 0.232 e. The zero-order valence-corrected chi connectivity index (χ0v) is 14.5. The first-order chi connectivity index (χ1) is 11.2. The highest BCUT2D eigenvalue weighted by atomic mass is 32.2. The van der Waals surface area contributed by atoms with Crippen molar-refractivity contribution in [2.75, 3.05) is 39.1 Å². The van der Waals surface area contributed by atoms with Gasteiger partial charge in [-0.25, -0.2) is 0 Å². The summed E-state index contributed by atoms with van der Waals surface area (Å²) in [5, 5.41) is 0. The molecular weight excluding hydrogens is 312 g/mol. The number of hydrogen-bond donors (Lipinski definition) is 1. The van der Waals surface area contributed by atoms with E-state index in [4.69, 9.17) is 15.2 Å². The van der Waals surface area contributed by atoms with Gasteiger partial charge in [0.15, 0.2) is 0 Å². The molecule has 0 spiro atoms. The number of methoxy groups -OCH3 is 1. The smallest absolute Gasteiger partial charge is 0.232 e. The minimum absolute atomic E-state index is 0.193. The van der Waals surface area contributed by atoms with E-state index in [1.54, 1.807) is 18.9 Å². The molecule has 6 heteroatoms. The maximum absolute atomic E-state index is 12.3. The molecule has 1 amide bonds. The summed E-state index contributed by atoms with van der Waals surface area (Å²) in [5.41, 5.74) is 5.46. The van der Waals surface area contributed by atoms with Gasteiger partial charge in [-0.05, 0) is 44.0 Å². The normalized spacial score (nSPS) is 15.7. The predicted octanol–water partition coefficient (Wildman–Crippen LogP) is 2.14. The van der Waals surface area contributed by atoms with Gasteiger partial charge in [0.05, 0.1) is 19.0 Å². The Hall–Kier alpha value is -1.24. The summed E-state index contributed by atoms with van der Waals surface area (Å²) in [6.07, 6.45) is 3.01. The molecule has 0 atom stereocenters. The molecule has 1 aromatic carbocycles. The zero-order chi connectivity index (χ0) is 16.5. The molecule has 2 rings (SSSR count). The second-order valence-electron chi connectivity index (χ2n) is 5.56. The number of carbonyl (C=O) groups excluding carboxylic acids is 1. The van der Waals surface area contributed by atoms with Crippen LogP contribution in [0.4, 0.5) is 0 Å². The van der Waals surface area contributed by atoms with Crippen molar-refractivity contribution < 1.29 is 14.3 Å². The molecule has 0 aliphatic carbocycles. The van der Waals surface area contributed by atoms with Gasteiger partial charge in [0.2, 0.25) is 5.91 Å². The van der Waals surface area contributed by atoms with Crippen molar-refractivity contribution >= 4 is 17.7 Å². The topological polar surface area (TPSA) is 64.8 Å². The average molecular weight is 338 g/mol. The Morgan fingerprint density at radius 2 is 2.17 bits per heavy atom. The van der Waals surface area contributed by atoms with Crippen LogP contribution in [0.3, 0.4) is 0 Å². The van der Waals surface area contributed by atoms with Gasteiger partial charge in [0.1, 0.15) is 5.75 Å². The molecule has 1 fully saturated rings. The van der Waals surface area contributed by atoms with Crippen molar-refractivity contribution in [1.82, 2.24) is 4.90 Å². The predicted molar refractivity (Wildman–Crippen MR) is 92.9 cm³/mol. The lowest BCUT2D eigenvalue weighted by Crippen LogP contribution is -2.41. The van der Waals surface area contributed by atoms with Crippen molar-refractivity contribution in [1.29, 1.82) is 0 Å². The number of rotatable bonds is 8. The third-order valence-corrected chi connectivity index (χ3v) is 4.88. The minimum Gasteiger partial charge on any atom is -0.497 e. The van der Waals surface area contributed by atoms with Gasteiger partial charge in [-0.15, -0.1) is 11.8 Å². The Balaban J connectivity index is 1.70. The lowest BCUT2D eigenvalue weighted by molar-refractivity contribution is -0.130. The third kappa shape index (κ3) is 6.05. The highest BCUT2D eigenvalue weighted by Crippen LogP contribution is 2.23. The first-order valence-electron chi connectivity index (χ1n) is 8.09. The van der Waals surface area contributed by atoms with Crippen LogP contribution in [0.25, 0.3) is 0 Å². The van der Waals surface area contributed by atoms with Crippen LogP contribution >= 0.6 is 11.8 Å². The number of ether oxygens (including phenoxy) is 2. The Bertz CT molecular complexity index is 490. The summed E-state index contributed by atoms with van der Waals surface area (Å²) < 4.78 is 11.0. The van der Waals surface area contributed by atoms with Crippen LogP contribution in [-0.4, -0.2) is 56.0 Å². The molecule has 1 aliphatic rings. The van der Waals surface area contributed by atoms with E-state index in [0.717, 1.165) is 49.6 Å². The highest BCUT2D eigenvalue weighted by molar-refractivity contribution is 8.00. The highest BCUT2D eigenvalue weighted by Gasteiger charge is 2.23. The fraction of sp³-hybridized carbons (Fsp3) is 0.588. The summed E-state index contributed by atoms with van der Waals surface area (Å²) in [6, 6.07) is 7.80. The summed E-state index contributed by atoms with van der Waals surface area (Å²) in [5.74, 6) is 1.47. The zero-order valence-electron chi connectivity index (χ0n) is 13.7. The minimum atomic E-state index is 0.193. The van der Waals surface area contributed by atoms with Crippen LogP contribution < -0.4 is 10.5 Å². The van der Waals surface area contributed by atoms with E-state index in [1.165, 1.54) is 0 Å². The number of hydrogen-bond acceptors (Lipinski definition) is 5. The number of likely N-dealkylation sites (tertiary alicyclic amines) is 1. The lowest BCUT2D eigenvalue weighted by atomic mass is 10.1. The molecule has 0 unspecified atom stereocenters. The van der Waals surface area contributed by atoms with Gasteiger partial charge in [0, 0.05) is 24.6 Å². The van der Waals surface area contributed by atoms with Crippen LogP contribution in [-0.2, 0) is 9.53 Å². The second-order valence-corrected chi connectivity index (χ2v) is 6.61. The molecule has 0 saturated carbocycles. The largest absolute Gasteiger partial charge is 0.497 e. The maximum atomic E-state index is 12.3. The van der Waals surface area contributed by atoms with E-state index in [9.17, 15) is 4.79 Å². The fourth-order valence-electron chi connectivity index (χ4n) is 2.53. The molecular formula is C17H26N2O3S. The second kappa shape index (κ2) is 9.80. The lowest BCUT2D eigenvalue weighted by Gasteiger charge is -2.32. The van der Waals surface area contributed by atoms with Crippen molar-refractivity contribution in [3.63, 3.8) is 0 Å². The van der Waals surface area contributed by atoms with Crippen LogP contribution in [0.1, 0.15) is 19.3 Å². The van der Waals surface area contributed by atoms with E-state index < -0.39 is 0 Å². The van der Waals surface area contributed by atoms with Gasteiger partial charge >= 0.3 is 0 Å². The molecule has 1 aromatic rings.